The van der Waals surface area contributed by atoms with E-state index >= 15 is 0 Å². The van der Waals surface area contributed by atoms with Gasteiger partial charge in [0.25, 0.3) is 0 Å². The van der Waals surface area contributed by atoms with Crippen LogP contribution in [0.5, 0.6) is 0 Å². The molecule has 0 aliphatic heterocycles. The summed E-state index contributed by atoms with van der Waals surface area (Å²) in [5.41, 5.74) is 1.50. The van der Waals surface area contributed by atoms with Crippen LogP contribution in [0.25, 0.3) is 10.8 Å². The van der Waals surface area contributed by atoms with Gasteiger partial charge in [-0.05, 0) is 16.9 Å². The second-order valence-electron chi connectivity index (χ2n) is 4.03. The first kappa shape index (κ1) is 11.0. The van der Waals surface area contributed by atoms with Crippen molar-refractivity contribution in [1.82, 2.24) is 0 Å². The van der Waals surface area contributed by atoms with E-state index in [4.69, 9.17) is 0 Å². The molecule has 0 atom stereocenters. The van der Waals surface area contributed by atoms with Gasteiger partial charge < -0.3 is 14.9 Å². The Bertz CT molecular complexity index is 511. The van der Waals surface area contributed by atoms with E-state index < -0.39 is 7.12 Å². The smallest absolute Gasteiger partial charge is 0.423 e. The van der Waals surface area contributed by atoms with Gasteiger partial charge in [-0.3, -0.25) is 0 Å². The number of nitrogens with zero attached hydrogens (tertiary/aromatic N) is 1. The molecule has 2 N–H and O–H groups in total. The normalized spacial score (nSPS) is 10.5. The number of rotatable bonds is 2. The summed E-state index contributed by atoms with van der Waals surface area (Å²) in [4.78, 5) is 1.97. The van der Waals surface area contributed by atoms with Gasteiger partial charge in [-0.1, -0.05) is 30.3 Å². The van der Waals surface area contributed by atoms with Crippen molar-refractivity contribution < 1.29 is 10.0 Å². The first-order valence-electron chi connectivity index (χ1n) is 5.16. The van der Waals surface area contributed by atoms with Gasteiger partial charge in [0.1, 0.15) is 0 Å². The Morgan fingerprint density at radius 1 is 1.06 bits per heavy atom. The van der Waals surface area contributed by atoms with Crippen LogP contribution >= 0.6 is 0 Å². The summed E-state index contributed by atoms with van der Waals surface area (Å²) in [7, 11) is 2.45. The molecule has 0 unspecified atom stereocenters. The lowest BCUT2D eigenvalue weighted by Gasteiger charge is -2.17. The highest BCUT2D eigenvalue weighted by Crippen LogP contribution is 2.24. The molecule has 2 rings (SSSR count). The van der Waals surface area contributed by atoms with Crippen LogP contribution in [0.1, 0.15) is 0 Å². The van der Waals surface area contributed by atoms with E-state index in [2.05, 4.69) is 0 Å². The molecule has 0 radical (unpaired) electrons. The third kappa shape index (κ3) is 1.89. The van der Waals surface area contributed by atoms with Crippen molar-refractivity contribution >= 4 is 29.0 Å². The van der Waals surface area contributed by atoms with Crippen LogP contribution in [0.4, 0.5) is 5.69 Å². The Kier molecular flexibility index (Phi) is 2.85. The Balaban J connectivity index is 2.74. The average Bonchev–Trinajstić information content (AvgIpc) is 2.27. The molecule has 0 aliphatic rings. The van der Waals surface area contributed by atoms with Gasteiger partial charge >= 0.3 is 7.12 Å². The lowest BCUT2D eigenvalue weighted by Crippen LogP contribution is -2.30. The molecule has 82 valence electrons. The highest BCUT2D eigenvalue weighted by molar-refractivity contribution is 6.59. The Morgan fingerprint density at radius 3 is 2.38 bits per heavy atom. The number of hydrogen-bond donors (Lipinski definition) is 2. The van der Waals surface area contributed by atoms with Crippen LogP contribution in [-0.4, -0.2) is 31.3 Å². The molecular formula is C12H14BNO2. The standard InChI is InChI=1S/C12H14BNO2/c1-14(2)12-8-10(13(15)16)7-9-5-3-4-6-11(9)12/h3-8,15-16H,1-2H3. The zero-order valence-electron chi connectivity index (χ0n) is 9.38. The van der Waals surface area contributed by atoms with Gasteiger partial charge in [0, 0.05) is 25.2 Å². The summed E-state index contributed by atoms with van der Waals surface area (Å²) in [5.74, 6) is 0. The Morgan fingerprint density at radius 2 is 1.75 bits per heavy atom. The van der Waals surface area contributed by atoms with E-state index in [0.29, 0.717) is 5.46 Å². The largest absolute Gasteiger partial charge is 0.488 e. The minimum absolute atomic E-state index is 0.516. The van der Waals surface area contributed by atoms with Crippen molar-refractivity contribution in [1.29, 1.82) is 0 Å². The minimum Gasteiger partial charge on any atom is -0.423 e. The average molecular weight is 215 g/mol. The molecule has 0 bridgehead atoms. The van der Waals surface area contributed by atoms with Crippen LogP contribution in [0.3, 0.4) is 0 Å². The van der Waals surface area contributed by atoms with E-state index in [1.807, 2.05) is 43.3 Å². The lowest BCUT2D eigenvalue weighted by molar-refractivity contribution is 0.426. The highest BCUT2D eigenvalue weighted by atomic mass is 16.4. The zero-order valence-corrected chi connectivity index (χ0v) is 9.38. The molecule has 0 spiro atoms. The van der Waals surface area contributed by atoms with Crippen LogP contribution in [-0.2, 0) is 0 Å². The molecule has 16 heavy (non-hydrogen) atoms. The maximum atomic E-state index is 9.23. The van der Waals surface area contributed by atoms with Crippen LogP contribution in [0, 0.1) is 0 Å². The first-order chi connectivity index (χ1) is 7.59. The van der Waals surface area contributed by atoms with E-state index in [9.17, 15) is 10.0 Å². The maximum Gasteiger partial charge on any atom is 0.488 e. The molecule has 2 aromatic carbocycles. The number of hydrogen-bond acceptors (Lipinski definition) is 3. The summed E-state index contributed by atoms with van der Waals surface area (Å²) < 4.78 is 0. The summed E-state index contributed by atoms with van der Waals surface area (Å²) in [6, 6.07) is 11.5. The van der Waals surface area contributed by atoms with Gasteiger partial charge in [-0.15, -0.1) is 0 Å². The predicted molar refractivity (Wildman–Crippen MR) is 68.1 cm³/mol. The lowest BCUT2D eigenvalue weighted by atomic mass is 9.79. The highest BCUT2D eigenvalue weighted by Gasteiger charge is 2.14. The Labute approximate surface area is 95.1 Å². The van der Waals surface area contributed by atoms with Gasteiger partial charge in [-0.25, -0.2) is 0 Å². The molecule has 4 heteroatoms. The Hall–Kier alpha value is -1.52. The van der Waals surface area contributed by atoms with Crippen LogP contribution in [0.2, 0.25) is 0 Å². The van der Waals surface area contributed by atoms with Gasteiger partial charge in [0.05, 0.1) is 0 Å². The monoisotopic (exact) mass is 215 g/mol. The molecule has 3 nitrogen and oxygen atoms in total. The fourth-order valence-electron chi connectivity index (χ4n) is 1.83. The van der Waals surface area contributed by atoms with Gasteiger partial charge in [0.2, 0.25) is 0 Å². The quantitative estimate of drug-likeness (QED) is 0.720. The summed E-state index contributed by atoms with van der Waals surface area (Å²) in [6.07, 6.45) is 0. The van der Waals surface area contributed by atoms with Crippen molar-refractivity contribution in [3.8, 4) is 0 Å². The predicted octanol–water partition coefficient (Wildman–Crippen LogP) is 0.586. The van der Waals surface area contributed by atoms with E-state index in [0.717, 1.165) is 16.5 Å². The molecular weight excluding hydrogens is 201 g/mol. The third-order valence-electron chi connectivity index (χ3n) is 2.64. The molecule has 0 heterocycles. The molecule has 0 amide bonds. The number of anilines is 1. The van der Waals surface area contributed by atoms with Gasteiger partial charge in [0.15, 0.2) is 0 Å². The first-order valence-corrected chi connectivity index (χ1v) is 5.16. The number of benzene rings is 2. The van der Waals surface area contributed by atoms with Crippen LogP contribution in [0.15, 0.2) is 36.4 Å². The third-order valence-corrected chi connectivity index (χ3v) is 2.64. The minimum atomic E-state index is -1.43. The summed E-state index contributed by atoms with van der Waals surface area (Å²) in [6.45, 7) is 0. The van der Waals surface area contributed by atoms with E-state index in [-0.39, 0.29) is 0 Å². The molecule has 0 aromatic heterocycles. The summed E-state index contributed by atoms with van der Waals surface area (Å²) >= 11 is 0. The zero-order chi connectivity index (χ0) is 11.7. The van der Waals surface area contributed by atoms with Crippen molar-refractivity contribution in [2.45, 2.75) is 0 Å². The van der Waals surface area contributed by atoms with Crippen molar-refractivity contribution in [3.63, 3.8) is 0 Å². The molecule has 0 aliphatic carbocycles. The molecule has 2 aromatic rings. The number of fused-ring (bicyclic) bond motifs is 1. The maximum absolute atomic E-state index is 9.23. The second kappa shape index (κ2) is 4.16. The molecule has 0 saturated heterocycles. The van der Waals surface area contributed by atoms with Crippen molar-refractivity contribution in [2.24, 2.45) is 0 Å². The van der Waals surface area contributed by atoms with Gasteiger partial charge in [-0.2, -0.15) is 0 Å². The van der Waals surface area contributed by atoms with Crippen molar-refractivity contribution in [3.05, 3.63) is 36.4 Å². The van der Waals surface area contributed by atoms with Crippen molar-refractivity contribution in [2.75, 3.05) is 19.0 Å². The second-order valence-corrected chi connectivity index (χ2v) is 4.03. The van der Waals surface area contributed by atoms with Crippen LogP contribution < -0.4 is 10.4 Å². The fraction of sp³-hybridized carbons (Fsp3) is 0.167. The fourth-order valence-corrected chi connectivity index (χ4v) is 1.83. The van der Waals surface area contributed by atoms with E-state index in [1.165, 1.54) is 0 Å². The molecule has 0 saturated carbocycles. The SMILES string of the molecule is CN(C)c1cc(B(O)O)cc2ccccc12. The summed E-state index contributed by atoms with van der Waals surface area (Å²) in [5, 5.41) is 20.6. The van der Waals surface area contributed by atoms with E-state index in [1.54, 1.807) is 12.1 Å². The molecule has 0 fully saturated rings. The topological polar surface area (TPSA) is 43.7 Å².